The summed E-state index contributed by atoms with van der Waals surface area (Å²) in [5.41, 5.74) is 1.80. The minimum atomic E-state index is -0.344. The van der Waals surface area contributed by atoms with Crippen LogP contribution in [0, 0.1) is 12.7 Å². The number of hydrogen-bond donors (Lipinski definition) is 1. The van der Waals surface area contributed by atoms with E-state index in [1.807, 2.05) is 11.8 Å². The number of benzene rings is 1. The fraction of sp³-hybridized carbons (Fsp3) is 0.421. The van der Waals surface area contributed by atoms with E-state index in [-0.39, 0.29) is 24.2 Å². The van der Waals surface area contributed by atoms with Crippen molar-refractivity contribution in [3.63, 3.8) is 0 Å². The lowest BCUT2D eigenvalue weighted by Gasteiger charge is -2.34. The van der Waals surface area contributed by atoms with Gasteiger partial charge in [-0.1, -0.05) is 12.1 Å². The fourth-order valence-corrected chi connectivity index (χ4v) is 3.14. The predicted molar refractivity (Wildman–Crippen MR) is 98.0 cm³/mol. The van der Waals surface area contributed by atoms with Crippen LogP contribution in [0.4, 0.5) is 10.1 Å². The first-order valence-corrected chi connectivity index (χ1v) is 9.00. The first-order chi connectivity index (χ1) is 13.0. The molecule has 27 heavy (non-hydrogen) atoms. The maximum absolute atomic E-state index is 12.9. The van der Waals surface area contributed by atoms with Gasteiger partial charge in [0, 0.05) is 31.9 Å². The summed E-state index contributed by atoms with van der Waals surface area (Å²) < 4.78 is 18.1. The zero-order valence-electron chi connectivity index (χ0n) is 15.5. The summed E-state index contributed by atoms with van der Waals surface area (Å²) in [6.07, 6.45) is 0.641. The summed E-state index contributed by atoms with van der Waals surface area (Å²) in [5, 5.41) is 6.69. The third-order valence-corrected chi connectivity index (χ3v) is 4.64. The van der Waals surface area contributed by atoms with Gasteiger partial charge in [0.05, 0.1) is 12.2 Å². The smallest absolute Gasteiger partial charge is 0.259 e. The van der Waals surface area contributed by atoms with E-state index in [1.54, 1.807) is 11.8 Å². The number of piperazine rings is 1. The Balaban J connectivity index is 1.51. The van der Waals surface area contributed by atoms with E-state index in [0.717, 1.165) is 0 Å². The highest BCUT2D eigenvalue weighted by atomic mass is 19.1. The molecule has 7 nitrogen and oxygen atoms in total. The first-order valence-electron chi connectivity index (χ1n) is 9.00. The maximum atomic E-state index is 12.9. The molecule has 1 aliphatic heterocycles. The summed E-state index contributed by atoms with van der Waals surface area (Å²) in [5.74, 6) is -0.0356. The van der Waals surface area contributed by atoms with Gasteiger partial charge in [-0.05, 0) is 37.6 Å². The topological polar surface area (TPSA) is 78.7 Å². The molecule has 0 bridgehead atoms. The Hall–Kier alpha value is -2.74. The van der Waals surface area contributed by atoms with Crippen LogP contribution < -0.4 is 5.32 Å². The van der Waals surface area contributed by atoms with Crippen LogP contribution in [-0.2, 0) is 11.2 Å². The Morgan fingerprint density at radius 2 is 1.85 bits per heavy atom. The van der Waals surface area contributed by atoms with E-state index in [1.165, 1.54) is 24.3 Å². The van der Waals surface area contributed by atoms with E-state index in [2.05, 4.69) is 10.5 Å². The number of aromatic nitrogens is 1. The van der Waals surface area contributed by atoms with Gasteiger partial charge in [-0.15, -0.1) is 0 Å². The first kappa shape index (κ1) is 19.0. The number of nitrogens with zero attached hydrogens (tertiary/aromatic N) is 3. The number of aryl methyl sites for hydroxylation is 2. The Morgan fingerprint density at radius 3 is 2.48 bits per heavy atom. The molecule has 144 valence electrons. The highest BCUT2D eigenvalue weighted by Gasteiger charge is 2.27. The van der Waals surface area contributed by atoms with E-state index < -0.39 is 0 Å². The van der Waals surface area contributed by atoms with E-state index in [4.69, 9.17) is 4.52 Å². The average Bonchev–Trinajstić information content (AvgIpc) is 3.04. The molecule has 8 heteroatoms. The molecule has 1 saturated heterocycles. The number of hydrogen-bond acceptors (Lipinski definition) is 5. The normalized spacial score (nSPS) is 15.0. The summed E-state index contributed by atoms with van der Waals surface area (Å²) in [6.45, 7) is 6.20. The van der Waals surface area contributed by atoms with Crippen LogP contribution in [0.2, 0.25) is 0 Å². The molecule has 1 aromatic carbocycles. The quantitative estimate of drug-likeness (QED) is 0.867. The molecule has 0 saturated carbocycles. The molecule has 1 aromatic heterocycles. The third-order valence-electron chi connectivity index (χ3n) is 4.64. The molecule has 2 amide bonds. The summed E-state index contributed by atoms with van der Waals surface area (Å²) in [7, 11) is 0. The van der Waals surface area contributed by atoms with Crippen molar-refractivity contribution >= 4 is 17.5 Å². The SMILES string of the molecule is CCc1noc(C)c1C(=O)N1CCN(CC(=O)Nc2ccc(F)cc2)CC1. The average molecular weight is 374 g/mol. The Labute approximate surface area is 157 Å². The second-order valence-corrected chi connectivity index (χ2v) is 6.54. The van der Waals surface area contributed by atoms with Crippen LogP contribution >= 0.6 is 0 Å². The van der Waals surface area contributed by atoms with Crippen LogP contribution in [0.1, 0.15) is 28.7 Å². The molecular weight excluding hydrogens is 351 g/mol. The zero-order valence-corrected chi connectivity index (χ0v) is 15.5. The van der Waals surface area contributed by atoms with Gasteiger partial charge in [-0.3, -0.25) is 14.5 Å². The van der Waals surface area contributed by atoms with Crippen LogP contribution in [0.25, 0.3) is 0 Å². The zero-order chi connectivity index (χ0) is 19.4. The van der Waals surface area contributed by atoms with Gasteiger partial charge < -0.3 is 14.7 Å². The van der Waals surface area contributed by atoms with Crippen LogP contribution in [0.5, 0.6) is 0 Å². The predicted octanol–water partition coefficient (Wildman–Crippen LogP) is 2.08. The largest absolute Gasteiger partial charge is 0.361 e. The molecule has 0 spiro atoms. The number of nitrogens with one attached hydrogen (secondary N) is 1. The number of carbonyl (C=O) groups excluding carboxylic acids is 2. The molecule has 0 radical (unpaired) electrons. The standard InChI is InChI=1S/C19H23FN4O3/c1-3-16-18(13(2)27-22-16)19(26)24-10-8-23(9-11-24)12-17(25)21-15-6-4-14(20)5-7-15/h4-7H,3,8-12H2,1-2H3,(H,21,25). The number of amides is 2. The molecule has 3 rings (SSSR count). The highest BCUT2D eigenvalue weighted by molar-refractivity contribution is 5.96. The van der Waals surface area contributed by atoms with Gasteiger partial charge in [-0.25, -0.2) is 4.39 Å². The maximum Gasteiger partial charge on any atom is 0.259 e. The second-order valence-electron chi connectivity index (χ2n) is 6.54. The molecule has 0 unspecified atom stereocenters. The van der Waals surface area contributed by atoms with Crippen molar-refractivity contribution in [3.05, 3.63) is 47.1 Å². The van der Waals surface area contributed by atoms with E-state index >= 15 is 0 Å². The Bertz CT molecular complexity index is 811. The van der Waals surface area contributed by atoms with Crippen molar-refractivity contribution < 1.29 is 18.5 Å². The molecule has 0 atom stereocenters. The highest BCUT2D eigenvalue weighted by Crippen LogP contribution is 2.18. The number of anilines is 1. The third kappa shape index (κ3) is 4.51. The Morgan fingerprint density at radius 1 is 1.19 bits per heavy atom. The Kier molecular flexibility index (Phi) is 5.85. The van der Waals surface area contributed by atoms with E-state index in [0.29, 0.717) is 55.3 Å². The van der Waals surface area contributed by atoms with Crippen LogP contribution in [0.3, 0.4) is 0 Å². The van der Waals surface area contributed by atoms with E-state index in [9.17, 15) is 14.0 Å². The molecule has 2 aromatic rings. The molecule has 0 aliphatic carbocycles. The summed E-state index contributed by atoms with van der Waals surface area (Å²) in [6, 6.07) is 5.65. The van der Waals surface area contributed by atoms with Crippen molar-refractivity contribution in [2.24, 2.45) is 0 Å². The lowest BCUT2D eigenvalue weighted by Crippen LogP contribution is -2.50. The molecular formula is C19H23FN4O3. The minimum Gasteiger partial charge on any atom is -0.361 e. The number of halogens is 1. The van der Waals surface area contributed by atoms with Gasteiger partial charge in [0.1, 0.15) is 17.1 Å². The van der Waals surface area contributed by atoms with Crippen molar-refractivity contribution in [1.82, 2.24) is 15.0 Å². The monoisotopic (exact) mass is 374 g/mol. The fourth-order valence-electron chi connectivity index (χ4n) is 3.14. The van der Waals surface area contributed by atoms with Crippen molar-refractivity contribution in [2.75, 3.05) is 38.0 Å². The van der Waals surface area contributed by atoms with Crippen molar-refractivity contribution in [2.45, 2.75) is 20.3 Å². The van der Waals surface area contributed by atoms with Gasteiger partial charge in [-0.2, -0.15) is 0 Å². The molecule has 1 fully saturated rings. The van der Waals surface area contributed by atoms with Gasteiger partial charge >= 0.3 is 0 Å². The van der Waals surface area contributed by atoms with Crippen LogP contribution in [-0.4, -0.2) is 59.5 Å². The molecule has 2 heterocycles. The van der Waals surface area contributed by atoms with Crippen molar-refractivity contribution in [1.29, 1.82) is 0 Å². The van der Waals surface area contributed by atoms with Crippen molar-refractivity contribution in [3.8, 4) is 0 Å². The van der Waals surface area contributed by atoms with Gasteiger partial charge in [0.25, 0.3) is 5.91 Å². The second kappa shape index (κ2) is 8.30. The number of carbonyl (C=O) groups is 2. The minimum absolute atomic E-state index is 0.0685. The summed E-state index contributed by atoms with van der Waals surface area (Å²) in [4.78, 5) is 28.7. The van der Waals surface area contributed by atoms with Gasteiger partial charge in [0.15, 0.2) is 0 Å². The van der Waals surface area contributed by atoms with Gasteiger partial charge in [0.2, 0.25) is 5.91 Å². The number of rotatable bonds is 5. The van der Waals surface area contributed by atoms with Crippen LogP contribution in [0.15, 0.2) is 28.8 Å². The molecule has 1 aliphatic rings. The molecule has 1 N–H and O–H groups in total. The lowest BCUT2D eigenvalue weighted by atomic mass is 10.1. The lowest BCUT2D eigenvalue weighted by molar-refractivity contribution is -0.117. The summed E-state index contributed by atoms with van der Waals surface area (Å²) >= 11 is 0.